The number of carbonyl (C=O) groups excluding carboxylic acids is 2. The SMILES string of the molecule is COc1cc2c(cc1O)C(CC(O)C(O)C(CCC(C)C)C(C1=CCNC(N)=C1)c1ccc3ccccc3c1)C#CC1(CCC(CCC3CNC4CC(=O)CCC4C3)CC1O)C(=O)CC2. The Morgan fingerprint density at radius 2 is 1.75 bits per heavy atom. The smallest absolute Gasteiger partial charge is 0.160 e. The minimum atomic E-state index is -1.25. The van der Waals surface area contributed by atoms with Gasteiger partial charge in [-0.1, -0.05) is 87.1 Å². The molecule has 3 aliphatic carbocycles. The monoisotopic (exact) mass is 886 g/mol. The topological polar surface area (TPSA) is 174 Å². The fourth-order valence-electron chi connectivity index (χ4n) is 12.0. The highest BCUT2D eigenvalue weighted by Crippen LogP contribution is 2.46. The van der Waals surface area contributed by atoms with Crippen LogP contribution in [0.2, 0.25) is 0 Å². The number of hydrogen-bond donors (Lipinski definition) is 7. The van der Waals surface area contributed by atoms with Gasteiger partial charge in [-0.05, 0) is 145 Å². The Morgan fingerprint density at radius 1 is 0.954 bits per heavy atom. The summed E-state index contributed by atoms with van der Waals surface area (Å²) in [4.78, 5) is 26.5. The van der Waals surface area contributed by atoms with Crippen LogP contribution < -0.4 is 21.1 Å². The lowest BCUT2D eigenvalue weighted by molar-refractivity contribution is -0.134. The van der Waals surface area contributed by atoms with Crippen molar-refractivity contribution >= 4 is 22.3 Å². The van der Waals surface area contributed by atoms with Gasteiger partial charge in [-0.15, -0.1) is 0 Å². The van der Waals surface area contributed by atoms with Crippen LogP contribution in [0.4, 0.5) is 0 Å². The fourth-order valence-corrected chi connectivity index (χ4v) is 12.0. The molecule has 65 heavy (non-hydrogen) atoms. The summed E-state index contributed by atoms with van der Waals surface area (Å²) < 4.78 is 5.53. The van der Waals surface area contributed by atoms with Gasteiger partial charge in [0.05, 0.1) is 31.2 Å². The zero-order valence-corrected chi connectivity index (χ0v) is 38.6. The third kappa shape index (κ3) is 10.5. The number of hydrogen-bond acceptors (Lipinski definition) is 10. The van der Waals surface area contributed by atoms with Crippen LogP contribution >= 0.6 is 0 Å². The standard InChI is InChI=1S/C55H71N3O7/c1-33(2)8-16-44(53(42-20-23-57-52(56)29-42)41-12-11-36-6-4-5-7-37(36)26-41)54(64)48(61)27-39-19-22-55(50(62)17-14-38-28-49(65-3)47(60)31-45(38)39)21-18-34(25-51(55)63)9-10-35-24-40-13-15-43(59)30-46(40)58-32-35/h4-7,11-12,20,26,28-29,31,33-35,39-40,44,46,48,51,53-54,57-58,60-61,63-64H,8-10,13-18,21,23-25,27,30,32,56H2,1-3H3. The van der Waals surface area contributed by atoms with Crippen LogP contribution in [0.25, 0.3) is 10.8 Å². The molecule has 8 rings (SSSR count). The second kappa shape index (κ2) is 20.5. The van der Waals surface area contributed by atoms with Crippen LogP contribution in [0.3, 0.4) is 0 Å². The highest BCUT2D eigenvalue weighted by Gasteiger charge is 2.48. The molecule has 0 radical (unpaired) electrons. The lowest BCUT2D eigenvalue weighted by Crippen LogP contribution is -2.49. The Morgan fingerprint density at radius 3 is 2.52 bits per heavy atom. The largest absolute Gasteiger partial charge is 0.504 e. The molecule has 2 heterocycles. The van der Waals surface area contributed by atoms with Gasteiger partial charge in [0.15, 0.2) is 17.3 Å². The quantitative estimate of drug-likeness (QED) is 0.0795. The van der Waals surface area contributed by atoms with Crippen molar-refractivity contribution in [3.05, 3.63) is 94.8 Å². The number of methoxy groups -OCH3 is 1. The molecule has 5 aliphatic rings. The maximum absolute atomic E-state index is 14.4. The van der Waals surface area contributed by atoms with Crippen molar-refractivity contribution in [1.82, 2.24) is 10.6 Å². The summed E-state index contributed by atoms with van der Waals surface area (Å²) in [7, 11) is 1.49. The predicted octanol–water partition coefficient (Wildman–Crippen LogP) is 7.71. The number of ether oxygens (including phenoxy) is 1. The van der Waals surface area contributed by atoms with Crippen molar-refractivity contribution in [2.45, 2.75) is 140 Å². The van der Waals surface area contributed by atoms with Crippen molar-refractivity contribution in [2.24, 2.45) is 40.7 Å². The first-order chi connectivity index (χ1) is 31.3. The molecule has 10 heteroatoms. The van der Waals surface area contributed by atoms with E-state index in [1.54, 1.807) is 12.1 Å². The summed E-state index contributed by atoms with van der Waals surface area (Å²) in [6.45, 7) is 5.81. The number of aliphatic hydroxyl groups is 3. The van der Waals surface area contributed by atoms with E-state index in [0.717, 1.165) is 72.5 Å². The number of Topliss-reactive ketones (excluding diaryl/α,β-unsaturated/α-hetero) is 2. The number of benzene rings is 3. The molecular formula is C55H71N3O7. The first kappa shape index (κ1) is 46.9. The van der Waals surface area contributed by atoms with Crippen molar-refractivity contribution in [3.8, 4) is 23.3 Å². The number of carbonyl (C=O) groups is 2. The normalized spacial score (nSPS) is 28.8. The van der Waals surface area contributed by atoms with Crippen LogP contribution in [0.5, 0.6) is 11.5 Å². The molecule has 0 bridgehead atoms. The minimum absolute atomic E-state index is 0.0442. The molecule has 3 aromatic rings. The van der Waals surface area contributed by atoms with Gasteiger partial charge in [0.25, 0.3) is 0 Å². The highest BCUT2D eigenvalue weighted by molar-refractivity contribution is 5.89. The molecule has 348 valence electrons. The van der Waals surface area contributed by atoms with Crippen molar-refractivity contribution < 1.29 is 34.8 Å². The van der Waals surface area contributed by atoms with Gasteiger partial charge >= 0.3 is 0 Å². The predicted molar refractivity (Wildman–Crippen MR) is 255 cm³/mol. The molecule has 11 unspecified atom stereocenters. The van der Waals surface area contributed by atoms with Gasteiger partial charge in [-0.2, -0.15) is 0 Å². The van der Waals surface area contributed by atoms with Crippen LogP contribution in [0.1, 0.15) is 126 Å². The van der Waals surface area contributed by atoms with Gasteiger partial charge in [-0.25, -0.2) is 0 Å². The van der Waals surface area contributed by atoms with Gasteiger partial charge in [0, 0.05) is 43.7 Å². The Hall–Kier alpha value is -4.66. The summed E-state index contributed by atoms with van der Waals surface area (Å²) in [5, 5.41) is 57.3. The average Bonchev–Trinajstić information content (AvgIpc) is 3.34. The first-order valence-corrected chi connectivity index (χ1v) is 24.5. The van der Waals surface area contributed by atoms with Gasteiger partial charge in [0.2, 0.25) is 0 Å². The van der Waals surface area contributed by atoms with E-state index < -0.39 is 35.6 Å². The Bertz CT molecular complexity index is 2330. The molecule has 1 spiro atoms. The van der Waals surface area contributed by atoms with Crippen LogP contribution in [-0.2, 0) is 16.0 Å². The van der Waals surface area contributed by atoms with E-state index in [1.165, 1.54) is 7.11 Å². The Labute approximate surface area is 385 Å². The van der Waals surface area contributed by atoms with E-state index in [1.807, 2.05) is 18.2 Å². The first-order valence-electron chi connectivity index (χ1n) is 24.5. The number of piperidine rings is 1. The minimum Gasteiger partial charge on any atom is -0.504 e. The molecule has 2 aliphatic heterocycles. The molecule has 1 saturated heterocycles. The van der Waals surface area contributed by atoms with Gasteiger partial charge in [0.1, 0.15) is 11.2 Å². The number of phenolic OH excluding ortho intramolecular Hbond substituents is 1. The zero-order valence-electron chi connectivity index (χ0n) is 38.6. The summed E-state index contributed by atoms with van der Waals surface area (Å²) in [5.41, 5.74) is 8.61. The van der Waals surface area contributed by atoms with Crippen molar-refractivity contribution in [3.63, 3.8) is 0 Å². The number of nitrogens with two attached hydrogens (primary N) is 1. The maximum Gasteiger partial charge on any atom is 0.160 e. The second-order valence-corrected chi connectivity index (χ2v) is 20.5. The number of rotatable bonds is 14. The number of allylic oxidation sites excluding steroid dienone is 2. The van der Waals surface area contributed by atoms with E-state index in [0.29, 0.717) is 86.0 Å². The summed E-state index contributed by atoms with van der Waals surface area (Å²) in [5.74, 6) is 8.22. The van der Waals surface area contributed by atoms with Crippen molar-refractivity contribution in [2.75, 3.05) is 20.2 Å². The molecule has 3 fully saturated rings. The summed E-state index contributed by atoms with van der Waals surface area (Å²) in [6, 6.07) is 18.4. The van der Waals surface area contributed by atoms with Crippen LogP contribution in [0, 0.1) is 46.8 Å². The second-order valence-electron chi connectivity index (χ2n) is 20.5. The Kier molecular flexibility index (Phi) is 14.8. The molecule has 0 aromatic heterocycles. The number of nitrogens with one attached hydrogen (secondary N) is 2. The molecular weight excluding hydrogens is 815 g/mol. The van der Waals surface area contributed by atoms with Crippen LogP contribution in [-0.4, -0.2) is 76.5 Å². The number of ketones is 2. The van der Waals surface area contributed by atoms with E-state index in [4.69, 9.17) is 10.5 Å². The lowest BCUT2D eigenvalue weighted by Gasteiger charge is -2.42. The van der Waals surface area contributed by atoms with E-state index >= 15 is 0 Å². The summed E-state index contributed by atoms with van der Waals surface area (Å²) >= 11 is 0. The molecule has 2 saturated carbocycles. The number of dihydropyridines is 1. The summed E-state index contributed by atoms with van der Waals surface area (Å²) in [6.07, 6.45) is 9.94. The van der Waals surface area contributed by atoms with Gasteiger partial charge in [-0.3, -0.25) is 9.59 Å². The number of phenols is 1. The highest BCUT2D eigenvalue weighted by atomic mass is 16.5. The van der Waals surface area contributed by atoms with E-state index in [9.17, 15) is 30.0 Å². The van der Waals surface area contributed by atoms with Crippen molar-refractivity contribution in [1.29, 1.82) is 0 Å². The average molecular weight is 886 g/mol. The van der Waals surface area contributed by atoms with Crippen LogP contribution in [0.15, 0.2) is 78.1 Å². The third-order valence-electron chi connectivity index (χ3n) is 15.8. The fraction of sp³-hybridized carbons (Fsp3) is 0.564. The van der Waals surface area contributed by atoms with E-state index in [2.05, 4.69) is 72.7 Å². The number of aryl methyl sites for hydroxylation is 1. The number of aliphatic hydroxyl groups excluding tert-OH is 3. The molecule has 3 aromatic carbocycles. The molecule has 11 atom stereocenters. The molecule has 10 nitrogen and oxygen atoms in total. The molecule has 8 N–H and O–H groups in total. The zero-order chi connectivity index (χ0) is 45.8. The third-order valence-corrected chi connectivity index (χ3v) is 15.8. The number of aromatic hydroxyl groups is 1. The van der Waals surface area contributed by atoms with Gasteiger partial charge < -0.3 is 41.5 Å². The Balaban J connectivity index is 1.07. The number of fused-ring (bicyclic) bond motifs is 3. The lowest BCUT2D eigenvalue weighted by atomic mass is 9.64. The molecule has 0 amide bonds. The van der Waals surface area contributed by atoms with E-state index in [-0.39, 0.29) is 42.0 Å². The maximum atomic E-state index is 14.4.